The summed E-state index contributed by atoms with van der Waals surface area (Å²) in [5.41, 5.74) is 0.846. The lowest BCUT2D eigenvalue weighted by Gasteiger charge is -2.14. The Bertz CT molecular complexity index is 398. The highest BCUT2D eigenvalue weighted by Crippen LogP contribution is 2.14. The Labute approximate surface area is 87.4 Å². The number of carbonyl (C=O) groups is 1. The largest absolute Gasteiger partial charge is 0.480 e. The summed E-state index contributed by atoms with van der Waals surface area (Å²) in [5, 5.41) is 20.4. The summed E-state index contributed by atoms with van der Waals surface area (Å²) in [7, 11) is 0. The molecule has 1 unspecified atom stereocenters. The Morgan fingerprint density at radius 2 is 2.53 bits per heavy atom. The molecule has 0 aliphatic rings. The molecule has 0 spiro atoms. The van der Waals surface area contributed by atoms with Crippen molar-refractivity contribution in [1.82, 2.24) is 4.98 Å². The van der Waals surface area contributed by atoms with Crippen LogP contribution in [0.3, 0.4) is 0 Å². The van der Waals surface area contributed by atoms with E-state index in [1.807, 2.05) is 6.07 Å². The van der Waals surface area contributed by atoms with Crippen molar-refractivity contribution >= 4 is 11.7 Å². The van der Waals surface area contributed by atoms with Crippen molar-refractivity contribution < 1.29 is 9.90 Å². The number of hydrogen-bond acceptors (Lipinski definition) is 4. The Hall–Kier alpha value is -2.09. The van der Waals surface area contributed by atoms with E-state index < -0.39 is 12.0 Å². The van der Waals surface area contributed by atoms with E-state index in [1.54, 1.807) is 13.0 Å². The monoisotopic (exact) mass is 205 g/mol. The van der Waals surface area contributed by atoms with Crippen molar-refractivity contribution in [2.75, 3.05) is 5.32 Å². The molecule has 0 amide bonds. The maximum Gasteiger partial charge on any atom is 0.326 e. The molecule has 1 aromatic heterocycles. The molecule has 1 rings (SSSR count). The third-order valence-corrected chi connectivity index (χ3v) is 1.98. The summed E-state index contributed by atoms with van der Waals surface area (Å²) in [6, 6.07) is 2.85. The highest BCUT2D eigenvalue weighted by molar-refractivity contribution is 5.78. The van der Waals surface area contributed by atoms with Gasteiger partial charge in [0.25, 0.3) is 0 Å². The maximum atomic E-state index is 10.8. The number of rotatable bonds is 4. The second kappa shape index (κ2) is 4.96. The molecule has 2 N–H and O–H groups in total. The number of pyridine rings is 1. The number of nitrogens with one attached hydrogen (secondary N) is 1. The standard InChI is InChI=1S/C10H11N3O2/c1-2-8(10(14)15)13-9-3-4-12-6-7(9)5-11/h3-4,6,8H,2H2,1H3,(H,12,13)(H,14,15). The summed E-state index contributed by atoms with van der Waals surface area (Å²) in [4.78, 5) is 14.6. The van der Waals surface area contributed by atoms with Crippen LogP contribution in [-0.2, 0) is 4.79 Å². The molecule has 0 bridgehead atoms. The first kappa shape index (κ1) is 11.0. The van der Waals surface area contributed by atoms with E-state index >= 15 is 0 Å². The Morgan fingerprint density at radius 3 is 3.07 bits per heavy atom. The molecule has 1 atom stereocenters. The van der Waals surface area contributed by atoms with Gasteiger partial charge in [0, 0.05) is 12.4 Å². The average Bonchev–Trinajstić information content (AvgIpc) is 2.25. The van der Waals surface area contributed by atoms with Crippen LogP contribution in [0.1, 0.15) is 18.9 Å². The topological polar surface area (TPSA) is 86.0 Å². The summed E-state index contributed by atoms with van der Waals surface area (Å²) in [6.07, 6.45) is 3.36. The zero-order valence-electron chi connectivity index (χ0n) is 8.27. The van der Waals surface area contributed by atoms with Crippen molar-refractivity contribution in [3.63, 3.8) is 0 Å². The number of aliphatic carboxylic acids is 1. The van der Waals surface area contributed by atoms with Crippen LogP contribution in [0.2, 0.25) is 0 Å². The fourth-order valence-corrected chi connectivity index (χ4v) is 1.14. The summed E-state index contributed by atoms with van der Waals surface area (Å²) >= 11 is 0. The lowest BCUT2D eigenvalue weighted by atomic mass is 10.2. The number of carboxylic acids is 1. The minimum absolute atomic E-state index is 0.345. The zero-order chi connectivity index (χ0) is 11.3. The fraction of sp³-hybridized carbons (Fsp3) is 0.300. The van der Waals surface area contributed by atoms with E-state index in [2.05, 4.69) is 10.3 Å². The molecule has 5 nitrogen and oxygen atoms in total. The molecule has 1 aromatic rings. The molecule has 0 aliphatic heterocycles. The molecule has 78 valence electrons. The van der Waals surface area contributed by atoms with Gasteiger partial charge in [0.15, 0.2) is 0 Å². The highest BCUT2D eigenvalue weighted by atomic mass is 16.4. The zero-order valence-corrected chi connectivity index (χ0v) is 8.27. The first-order chi connectivity index (χ1) is 7.19. The molecule has 0 saturated carbocycles. The first-order valence-electron chi connectivity index (χ1n) is 4.52. The van der Waals surface area contributed by atoms with Crippen LogP contribution in [0.15, 0.2) is 18.5 Å². The SMILES string of the molecule is CCC(Nc1ccncc1C#N)C(=O)O. The van der Waals surface area contributed by atoms with Crippen LogP contribution in [0.25, 0.3) is 0 Å². The van der Waals surface area contributed by atoms with Gasteiger partial charge in [-0.05, 0) is 12.5 Å². The van der Waals surface area contributed by atoms with E-state index in [-0.39, 0.29) is 0 Å². The van der Waals surface area contributed by atoms with E-state index in [0.717, 1.165) is 0 Å². The van der Waals surface area contributed by atoms with Gasteiger partial charge in [-0.1, -0.05) is 6.92 Å². The van der Waals surface area contributed by atoms with Crippen LogP contribution in [-0.4, -0.2) is 22.1 Å². The van der Waals surface area contributed by atoms with Gasteiger partial charge >= 0.3 is 5.97 Å². The molecule has 0 radical (unpaired) electrons. The van der Waals surface area contributed by atoms with Crippen molar-refractivity contribution in [2.45, 2.75) is 19.4 Å². The Morgan fingerprint density at radius 1 is 1.80 bits per heavy atom. The predicted octanol–water partition coefficient (Wildman–Crippen LogP) is 1.23. The smallest absolute Gasteiger partial charge is 0.326 e. The van der Waals surface area contributed by atoms with E-state index in [0.29, 0.717) is 17.7 Å². The van der Waals surface area contributed by atoms with Crippen molar-refractivity contribution in [1.29, 1.82) is 5.26 Å². The van der Waals surface area contributed by atoms with E-state index in [9.17, 15) is 4.79 Å². The quantitative estimate of drug-likeness (QED) is 0.772. The third-order valence-electron chi connectivity index (χ3n) is 1.98. The predicted molar refractivity (Wildman–Crippen MR) is 54.3 cm³/mol. The molecule has 1 heterocycles. The summed E-state index contributed by atoms with van der Waals surface area (Å²) in [5.74, 6) is -0.932. The number of hydrogen-bond donors (Lipinski definition) is 2. The molecule has 15 heavy (non-hydrogen) atoms. The van der Waals surface area contributed by atoms with Crippen molar-refractivity contribution in [3.05, 3.63) is 24.0 Å². The highest BCUT2D eigenvalue weighted by Gasteiger charge is 2.15. The van der Waals surface area contributed by atoms with Crippen LogP contribution in [0.4, 0.5) is 5.69 Å². The average molecular weight is 205 g/mol. The Kier molecular flexibility index (Phi) is 3.63. The lowest BCUT2D eigenvalue weighted by Crippen LogP contribution is -2.28. The summed E-state index contributed by atoms with van der Waals surface area (Å²) in [6.45, 7) is 1.76. The number of aromatic nitrogens is 1. The molecule has 5 heteroatoms. The van der Waals surface area contributed by atoms with Gasteiger partial charge in [0.2, 0.25) is 0 Å². The van der Waals surface area contributed by atoms with Crippen LogP contribution in [0, 0.1) is 11.3 Å². The molecule has 0 aromatic carbocycles. The van der Waals surface area contributed by atoms with Gasteiger partial charge in [-0.3, -0.25) is 4.98 Å². The van der Waals surface area contributed by atoms with Gasteiger partial charge in [0.05, 0.1) is 11.3 Å². The number of nitriles is 1. The van der Waals surface area contributed by atoms with Gasteiger partial charge < -0.3 is 10.4 Å². The second-order valence-electron chi connectivity index (χ2n) is 2.98. The van der Waals surface area contributed by atoms with Gasteiger partial charge in [-0.25, -0.2) is 4.79 Å². The molecular weight excluding hydrogens is 194 g/mol. The van der Waals surface area contributed by atoms with Crippen molar-refractivity contribution in [2.24, 2.45) is 0 Å². The van der Waals surface area contributed by atoms with Crippen LogP contribution >= 0.6 is 0 Å². The fourth-order valence-electron chi connectivity index (χ4n) is 1.14. The normalized spacial score (nSPS) is 11.5. The second-order valence-corrected chi connectivity index (χ2v) is 2.98. The van der Waals surface area contributed by atoms with E-state index in [1.165, 1.54) is 12.4 Å². The van der Waals surface area contributed by atoms with Gasteiger partial charge in [-0.15, -0.1) is 0 Å². The van der Waals surface area contributed by atoms with Crippen LogP contribution in [0.5, 0.6) is 0 Å². The minimum atomic E-state index is -0.932. The molecule has 0 saturated heterocycles. The van der Waals surface area contributed by atoms with Crippen LogP contribution < -0.4 is 5.32 Å². The van der Waals surface area contributed by atoms with Gasteiger partial charge in [-0.2, -0.15) is 5.26 Å². The lowest BCUT2D eigenvalue weighted by molar-refractivity contribution is -0.137. The molecular formula is C10H11N3O2. The number of nitrogens with zero attached hydrogens (tertiary/aromatic N) is 2. The number of carboxylic acid groups (broad SMARTS) is 1. The van der Waals surface area contributed by atoms with Crippen molar-refractivity contribution in [3.8, 4) is 6.07 Å². The van der Waals surface area contributed by atoms with Gasteiger partial charge in [0.1, 0.15) is 12.1 Å². The first-order valence-corrected chi connectivity index (χ1v) is 4.52. The molecule has 0 fully saturated rings. The number of anilines is 1. The maximum absolute atomic E-state index is 10.8. The minimum Gasteiger partial charge on any atom is -0.480 e. The third kappa shape index (κ3) is 2.68. The molecule has 0 aliphatic carbocycles. The van der Waals surface area contributed by atoms with E-state index in [4.69, 9.17) is 10.4 Å². The Balaban J connectivity index is 2.89. The summed E-state index contributed by atoms with van der Waals surface area (Å²) < 4.78 is 0.